The minimum absolute atomic E-state index is 0.0562. The molecule has 0 aromatic heterocycles. The van der Waals surface area contributed by atoms with E-state index in [1.807, 2.05) is 7.05 Å². The molecule has 5 heteroatoms. The van der Waals surface area contributed by atoms with Gasteiger partial charge in [-0.05, 0) is 32.0 Å². The van der Waals surface area contributed by atoms with E-state index in [1.54, 1.807) is 4.90 Å². The second kappa shape index (κ2) is 5.44. The lowest BCUT2D eigenvalue weighted by molar-refractivity contribution is 0.0702. The quantitative estimate of drug-likeness (QED) is 0.872. The van der Waals surface area contributed by atoms with Crippen molar-refractivity contribution in [3.8, 4) is 0 Å². The summed E-state index contributed by atoms with van der Waals surface area (Å²) in [5, 5.41) is 3.16. The number of carbonyl (C=O) groups is 1. The maximum absolute atomic E-state index is 13.5. The molecule has 0 saturated carbocycles. The number of carbonyl (C=O) groups excluding carboxylic acids is 1. The molecular weight excluding hydrogens is 238 g/mol. The van der Waals surface area contributed by atoms with Gasteiger partial charge in [-0.25, -0.2) is 8.78 Å². The smallest absolute Gasteiger partial charge is 0.256 e. The number of hydrogen-bond acceptors (Lipinski definition) is 2. The zero-order valence-electron chi connectivity index (χ0n) is 10.2. The van der Waals surface area contributed by atoms with Crippen LogP contribution in [0.5, 0.6) is 0 Å². The maximum Gasteiger partial charge on any atom is 0.256 e. The number of rotatable bonds is 2. The molecule has 1 N–H and O–H groups in total. The van der Waals surface area contributed by atoms with E-state index < -0.39 is 11.6 Å². The van der Waals surface area contributed by atoms with E-state index in [2.05, 4.69) is 5.32 Å². The van der Waals surface area contributed by atoms with E-state index >= 15 is 0 Å². The zero-order valence-corrected chi connectivity index (χ0v) is 10.2. The lowest BCUT2D eigenvalue weighted by Crippen LogP contribution is -2.44. The summed E-state index contributed by atoms with van der Waals surface area (Å²) < 4.78 is 26.3. The van der Waals surface area contributed by atoms with Crippen LogP contribution in [0.3, 0.4) is 0 Å². The Bertz CT molecular complexity index is 443. The van der Waals surface area contributed by atoms with Gasteiger partial charge in [-0.15, -0.1) is 0 Å². The summed E-state index contributed by atoms with van der Waals surface area (Å²) in [6.07, 6.45) is 1.70. The van der Waals surface area contributed by atoms with Gasteiger partial charge in [-0.2, -0.15) is 0 Å². The van der Waals surface area contributed by atoms with Crippen LogP contribution in [0.1, 0.15) is 23.2 Å². The first-order chi connectivity index (χ1) is 8.61. The molecule has 1 aromatic carbocycles. The first kappa shape index (κ1) is 13.0. The Morgan fingerprint density at radius 3 is 2.56 bits per heavy atom. The van der Waals surface area contributed by atoms with Crippen LogP contribution in [0.15, 0.2) is 18.2 Å². The third-order valence-electron chi connectivity index (χ3n) is 3.35. The summed E-state index contributed by atoms with van der Waals surface area (Å²) in [5.41, 5.74) is -0.0562. The van der Waals surface area contributed by atoms with Gasteiger partial charge in [0.2, 0.25) is 0 Å². The molecule has 3 nitrogen and oxygen atoms in total. The largest absolute Gasteiger partial charge is 0.338 e. The lowest BCUT2D eigenvalue weighted by Gasteiger charge is -2.31. The third kappa shape index (κ3) is 2.67. The number of likely N-dealkylation sites (tertiary alicyclic amines) is 1. The second-order valence-electron chi connectivity index (χ2n) is 4.48. The highest BCUT2D eigenvalue weighted by Crippen LogP contribution is 2.16. The van der Waals surface area contributed by atoms with Crippen molar-refractivity contribution in [2.45, 2.75) is 18.9 Å². The zero-order chi connectivity index (χ0) is 13.1. The number of nitrogens with one attached hydrogen (secondary N) is 1. The molecule has 0 aliphatic carbocycles. The molecule has 1 saturated heterocycles. The molecule has 0 spiro atoms. The molecule has 98 valence electrons. The summed E-state index contributed by atoms with van der Waals surface area (Å²) in [5.74, 6) is -1.82. The molecule has 1 heterocycles. The Morgan fingerprint density at radius 2 is 2.00 bits per heavy atom. The van der Waals surface area contributed by atoms with Crippen LogP contribution >= 0.6 is 0 Å². The monoisotopic (exact) mass is 254 g/mol. The second-order valence-corrected chi connectivity index (χ2v) is 4.48. The summed E-state index contributed by atoms with van der Waals surface area (Å²) in [7, 11) is 1.89. The Kier molecular flexibility index (Phi) is 3.91. The maximum atomic E-state index is 13.5. The SMILES string of the molecule is CNC1CCN(C(=O)c2ccc(F)cc2F)CC1. The average molecular weight is 254 g/mol. The molecular formula is C13H16F2N2O. The Morgan fingerprint density at radius 1 is 1.33 bits per heavy atom. The molecule has 0 bridgehead atoms. The molecule has 18 heavy (non-hydrogen) atoms. The fourth-order valence-corrected chi connectivity index (χ4v) is 2.20. The van der Waals surface area contributed by atoms with Crippen molar-refractivity contribution in [3.05, 3.63) is 35.4 Å². The minimum atomic E-state index is -0.796. The predicted molar refractivity (Wildman–Crippen MR) is 64.3 cm³/mol. The van der Waals surface area contributed by atoms with E-state index in [4.69, 9.17) is 0 Å². The lowest BCUT2D eigenvalue weighted by atomic mass is 10.0. The van der Waals surface area contributed by atoms with Crippen molar-refractivity contribution < 1.29 is 13.6 Å². The third-order valence-corrected chi connectivity index (χ3v) is 3.35. The van der Waals surface area contributed by atoms with Gasteiger partial charge in [0.25, 0.3) is 5.91 Å². The van der Waals surface area contributed by atoms with Crippen LogP contribution in [0, 0.1) is 11.6 Å². The number of benzene rings is 1. The summed E-state index contributed by atoms with van der Waals surface area (Å²) in [6, 6.07) is 3.47. The van der Waals surface area contributed by atoms with Gasteiger partial charge in [-0.1, -0.05) is 0 Å². The molecule has 2 rings (SSSR count). The van der Waals surface area contributed by atoms with Crippen LogP contribution < -0.4 is 5.32 Å². The van der Waals surface area contributed by atoms with Gasteiger partial charge in [-0.3, -0.25) is 4.79 Å². The highest BCUT2D eigenvalue weighted by Gasteiger charge is 2.24. The van der Waals surface area contributed by atoms with Crippen molar-refractivity contribution in [2.24, 2.45) is 0 Å². The van der Waals surface area contributed by atoms with E-state index in [-0.39, 0.29) is 11.5 Å². The molecule has 1 amide bonds. The molecule has 0 unspecified atom stereocenters. The van der Waals surface area contributed by atoms with Gasteiger partial charge < -0.3 is 10.2 Å². The first-order valence-corrected chi connectivity index (χ1v) is 6.03. The highest BCUT2D eigenvalue weighted by molar-refractivity contribution is 5.94. The number of amides is 1. The minimum Gasteiger partial charge on any atom is -0.338 e. The standard InChI is InChI=1S/C13H16F2N2O/c1-16-10-4-6-17(7-5-10)13(18)11-3-2-9(14)8-12(11)15/h2-3,8,10,16H,4-7H2,1H3. The van der Waals surface area contributed by atoms with E-state index in [9.17, 15) is 13.6 Å². The molecule has 1 aliphatic rings. The summed E-state index contributed by atoms with van der Waals surface area (Å²) in [4.78, 5) is 13.7. The molecule has 1 aromatic rings. The number of piperidine rings is 1. The summed E-state index contributed by atoms with van der Waals surface area (Å²) in [6.45, 7) is 1.20. The van der Waals surface area contributed by atoms with Gasteiger partial charge in [0.1, 0.15) is 11.6 Å². The number of nitrogens with zero attached hydrogens (tertiary/aromatic N) is 1. The van der Waals surface area contributed by atoms with Crippen molar-refractivity contribution in [3.63, 3.8) is 0 Å². The van der Waals surface area contributed by atoms with E-state index in [0.29, 0.717) is 19.1 Å². The number of halogens is 2. The van der Waals surface area contributed by atoms with Crippen molar-refractivity contribution in [1.29, 1.82) is 0 Å². The van der Waals surface area contributed by atoms with Crippen molar-refractivity contribution >= 4 is 5.91 Å². The predicted octanol–water partition coefficient (Wildman–Crippen LogP) is 1.79. The van der Waals surface area contributed by atoms with Crippen LogP contribution in [-0.2, 0) is 0 Å². The molecule has 1 fully saturated rings. The first-order valence-electron chi connectivity index (χ1n) is 6.03. The Balaban J connectivity index is 2.08. The van der Waals surface area contributed by atoms with Crippen LogP contribution in [-0.4, -0.2) is 37.0 Å². The Hall–Kier alpha value is -1.49. The number of hydrogen-bond donors (Lipinski definition) is 1. The molecule has 0 atom stereocenters. The van der Waals surface area contributed by atoms with E-state index in [1.165, 1.54) is 6.07 Å². The van der Waals surface area contributed by atoms with Gasteiger partial charge in [0.05, 0.1) is 5.56 Å². The Labute approximate surface area is 105 Å². The average Bonchev–Trinajstić information content (AvgIpc) is 2.38. The van der Waals surface area contributed by atoms with Gasteiger partial charge >= 0.3 is 0 Å². The summed E-state index contributed by atoms with van der Waals surface area (Å²) >= 11 is 0. The van der Waals surface area contributed by atoms with Gasteiger partial charge in [0, 0.05) is 25.2 Å². The normalized spacial score (nSPS) is 16.9. The van der Waals surface area contributed by atoms with Crippen LogP contribution in [0.2, 0.25) is 0 Å². The fourth-order valence-electron chi connectivity index (χ4n) is 2.20. The van der Waals surface area contributed by atoms with Crippen LogP contribution in [0.25, 0.3) is 0 Å². The van der Waals surface area contributed by atoms with Crippen molar-refractivity contribution in [1.82, 2.24) is 10.2 Å². The highest BCUT2D eigenvalue weighted by atomic mass is 19.1. The van der Waals surface area contributed by atoms with Crippen molar-refractivity contribution in [2.75, 3.05) is 20.1 Å². The van der Waals surface area contributed by atoms with Gasteiger partial charge in [0.15, 0.2) is 0 Å². The molecule has 1 aliphatic heterocycles. The molecule has 0 radical (unpaired) electrons. The fraction of sp³-hybridized carbons (Fsp3) is 0.462. The van der Waals surface area contributed by atoms with E-state index in [0.717, 1.165) is 25.0 Å². The van der Waals surface area contributed by atoms with Crippen LogP contribution in [0.4, 0.5) is 8.78 Å². The topological polar surface area (TPSA) is 32.3 Å².